The van der Waals surface area contributed by atoms with Crippen LogP contribution in [-0.4, -0.2) is 35.1 Å². The van der Waals surface area contributed by atoms with Crippen molar-refractivity contribution in [1.29, 1.82) is 0 Å². The summed E-state index contributed by atoms with van der Waals surface area (Å²) in [5, 5.41) is 11.5. The van der Waals surface area contributed by atoms with Gasteiger partial charge in [0.2, 0.25) is 0 Å². The molecule has 4 aromatic rings. The monoisotopic (exact) mass is 502 g/mol. The number of rotatable bonds is 9. The second-order valence-corrected chi connectivity index (χ2v) is 8.79. The van der Waals surface area contributed by atoms with Gasteiger partial charge in [0.05, 0.1) is 26.0 Å². The molecule has 1 unspecified atom stereocenters. The summed E-state index contributed by atoms with van der Waals surface area (Å²) in [6, 6.07) is 18.2. The number of benzene rings is 2. The zero-order chi connectivity index (χ0) is 25.7. The number of hydrogen-bond acceptors (Lipinski definition) is 6. The van der Waals surface area contributed by atoms with Crippen molar-refractivity contribution in [2.24, 2.45) is 0 Å². The Morgan fingerprint density at radius 3 is 2.50 bits per heavy atom. The fourth-order valence-corrected chi connectivity index (χ4v) is 4.12. The molecule has 184 valence electrons. The Hall–Kier alpha value is -3.74. The summed E-state index contributed by atoms with van der Waals surface area (Å²) in [7, 11) is 3.14. The lowest BCUT2D eigenvalue weighted by molar-refractivity contribution is 0.0937. The van der Waals surface area contributed by atoms with Crippen molar-refractivity contribution >= 4 is 17.4 Å². The van der Waals surface area contributed by atoms with Crippen molar-refractivity contribution < 1.29 is 19.4 Å². The van der Waals surface area contributed by atoms with E-state index in [1.807, 2.05) is 43.3 Å². The topological polar surface area (TPSA) is 81.5 Å². The average molecular weight is 503 g/mol. The zero-order valence-corrected chi connectivity index (χ0v) is 21.1. The van der Waals surface area contributed by atoms with E-state index in [4.69, 9.17) is 21.1 Å². The molecule has 0 aliphatic rings. The minimum atomic E-state index is -0.920. The molecule has 2 aromatic heterocycles. The summed E-state index contributed by atoms with van der Waals surface area (Å²) >= 11 is 6.30. The first kappa shape index (κ1) is 25.4. The molecule has 36 heavy (non-hydrogen) atoms. The highest BCUT2D eigenvalue weighted by Gasteiger charge is 2.18. The fourth-order valence-electron chi connectivity index (χ4n) is 3.94. The highest BCUT2D eigenvalue weighted by Crippen LogP contribution is 2.34. The van der Waals surface area contributed by atoms with Crippen molar-refractivity contribution in [2.45, 2.75) is 25.9 Å². The van der Waals surface area contributed by atoms with Gasteiger partial charge in [-0.1, -0.05) is 35.9 Å². The number of carbonyl (C=O) groups is 1. The van der Waals surface area contributed by atoms with Gasteiger partial charge in [0.15, 0.2) is 5.78 Å². The smallest absolute Gasteiger partial charge is 0.163 e. The van der Waals surface area contributed by atoms with Gasteiger partial charge in [0.1, 0.15) is 17.2 Å². The van der Waals surface area contributed by atoms with Gasteiger partial charge in [0, 0.05) is 46.1 Å². The van der Waals surface area contributed by atoms with Crippen LogP contribution >= 0.6 is 11.6 Å². The molecule has 1 N–H and O–H groups in total. The van der Waals surface area contributed by atoms with Gasteiger partial charge in [-0.3, -0.25) is 9.78 Å². The van der Waals surface area contributed by atoms with Crippen molar-refractivity contribution in [1.82, 2.24) is 9.97 Å². The molecule has 0 fully saturated rings. The maximum Gasteiger partial charge on any atom is 0.163 e. The Labute approximate surface area is 215 Å². The standard InChI is InChI=1S/C29H27ClN2O4/c1-18-6-7-20(15-23(18)30)29-27(35-2)13-10-24(32-29)26(34)12-11-25(33)19-8-9-22(28(16-19)36-3)21-5-4-14-31-17-21/h4-10,13-17,26,34H,11-12H2,1-3H3. The van der Waals surface area contributed by atoms with E-state index in [1.165, 1.54) is 0 Å². The molecule has 0 aliphatic carbocycles. The Balaban J connectivity index is 1.50. The normalized spacial score (nSPS) is 11.7. The van der Waals surface area contributed by atoms with E-state index < -0.39 is 6.10 Å². The largest absolute Gasteiger partial charge is 0.496 e. The first-order chi connectivity index (χ1) is 17.4. The number of aryl methyl sites for hydroxylation is 1. The molecule has 7 heteroatoms. The second kappa shape index (κ2) is 11.3. The van der Waals surface area contributed by atoms with Gasteiger partial charge in [0.25, 0.3) is 0 Å². The highest BCUT2D eigenvalue weighted by molar-refractivity contribution is 6.31. The first-order valence-corrected chi connectivity index (χ1v) is 11.9. The molecule has 0 saturated heterocycles. The first-order valence-electron chi connectivity index (χ1n) is 11.5. The summed E-state index contributed by atoms with van der Waals surface area (Å²) in [5.74, 6) is 1.07. The minimum absolute atomic E-state index is 0.0934. The molecule has 0 saturated carbocycles. The van der Waals surface area contributed by atoms with Crippen LogP contribution in [-0.2, 0) is 0 Å². The molecule has 2 aromatic carbocycles. The van der Waals surface area contributed by atoms with E-state index in [-0.39, 0.29) is 18.6 Å². The number of aliphatic hydroxyl groups is 1. The van der Waals surface area contributed by atoms with Crippen LogP contribution in [0.15, 0.2) is 73.1 Å². The Bertz CT molecular complexity index is 1380. The van der Waals surface area contributed by atoms with Crippen LogP contribution < -0.4 is 9.47 Å². The van der Waals surface area contributed by atoms with E-state index in [1.54, 1.807) is 50.9 Å². The van der Waals surface area contributed by atoms with Gasteiger partial charge in [-0.15, -0.1) is 0 Å². The number of nitrogens with zero attached hydrogens (tertiary/aromatic N) is 2. The van der Waals surface area contributed by atoms with Crippen LogP contribution in [0.4, 0.5) is 0 Å². The van der Waals surface area contributed by atoms with E-state index in [0.29, 0.717) is 33.5 Å². The molecule has 0 bridgehead atoms. The summed E-state index contributed by atoms with van der Waals surface area (Å²) < 4.78 is 11.0. The lowest BCUT2D eigenvalue weighted by Gasteiger charge is -2.15. The molecule has 1 atom stereocenters. The van der Waals surface area contributed by atoms with Crippen LogP contribution in [0.5, 0.6) is 11.5 Å². The number of aromatic nitrogens is 2. The van der Waals surface area contributed by atoms with E-state index in [2.05, 4.69) is 9.97 Å². The highest BCUT2D eigenvalue weighted by atomic mass is 35.5. The molecule has 6 nitrogen and oxygen atoms in total. The third-order valence-electron chi connectivity index (χ3n) is 6.03. The summed E-state index contributed by atoms with van der Waals surface area (Å²) in [6.07, 6.45) is 2.90. The van der Waals surface area contributed by atoms with Gasteiger partial charge in [-0.25, -0.2) is 4.98 Å². The number of carbonyl (C=O) groups excluding carboxylic acids is 1. The zero-order valence-electron chi connectivity index (χ0n) is 20.4. The van der Waals surface area contributed by atoms with Crippen LogP contribution in [0, 0.1) is 6.92 Å². The van der Waals surface area contributed by atoms with E-state index in [0.717, 1.165) is 22.3 Å². The van der Waals surface area contributed by atoms with Crippen LogP contribution in [0.25, 0.3) is 22.4 Å². The molecular formula is C29H27ClN2O4. The SMILES string of the molecule is COc1cc(C(=O)CCC(O)c2ccc(OC)c(-c3ccc(C)c(Cl)c3)n2)ccc1-c1cccnc1. The molecular weight excluding hydrogens is 476 g/mol. The van der Waals surface area contributed by atoms with Crippen molar-refractivity contribution in [3.8, 4) is 33.9 Å². The Morgan fingerprint density at radius 1 is 1.00 bits per heavy atom. The number of halogens is 1. The number of ether oxygens (including phenoxy) is 2. The molecule has 0 radical (unpaired) electrons. The fraction of sp³-hybridized carbons (Fsp3) is 0.207. The van der Waals surface area contributed by atoms with Gasteiger partial charge in [-0.2, -0.15) is 0 Å². The third kappa shape index (κ3) is 5.56. The van der Waals surface area contributed by atoms with E-state index in [9.17, 15) is 9.90 Å². The molecule has 0 spiro atoms. The molecule has 2 heterocycles. The second-order valence-electron chi connectivity index (χ2n) is 8.39. The van der Waals surface area contributed by atoms with Crippen LogP contribution in [0.1, 0.15) is 40.6 Å². The summed E-state index contributed by atoms with van der Waals surface area (Å²) in [6.45, 7) is 1.93. The lowest BCUT2D eigenvalue weighted by Crippen LogP contribution is -2.07. The average Bonchev–Trinajstić information content (AvgIpc) is 2.92. The van der Waals surface area contributed by atoms with Gasteiger partial charge >= 0.3 is 0 Å². The predicted octanol–water partition coefficient (Wildman–Crippen LogP) is 6.49. The van der Waals surface area contributed by atoms with Gasteiger partial charge in [-0.05, 0) is 55.3 Å². The number of ketones is 1. The maximum atomic E-state index is 12.9. The lowest BCUT2D eigenvalue weighted by atomic mass is 9.99. The van der Waals surface area contributed by atoms with Crippen molar-refractivity contribution in [2.75, 3.05) is 14.2 Å². The number of Topliss-reactive ketones (excluding diaryl/α,β-unsaturated/α-hetero) is 1. The van der Waals surface area contributed by atoms with Crippen molar-refractivity contribution in [3.63, 3.8) is 0 Å². The summed E-state index contributed by atoms with van der Waals surface area (Å²) in [4.78, 5) is 21.7. The van der Waals surface area contributed by atoms with Gasteiger partial charge < -0.3 is 14.6 Å². The minimum Gasteiger partial charge on any atom is -0.496 e. The number of methoxy groups -OCH3 is 2. The third-order valence-corrected chi connectivity index (χ3v) is 6.43. The number of pyridine rings is 2. The van der Waals surface area contributed by atoms with Crippen LogP contribution in [0.2, 0.25) is 5.02 Å². The molecule has 0 aliphatic heterocycles. The van der Waals surface area contributed by atoms with Crippen LogP contribution in [0.3, 0.4) is 0 Å². The Morgan fingerprint density at radius 2 is 1.81 bits per heavy atom. The Kier molecular flexibility index (Phi) is 7.98. The van der Waals surface area contributed by atoms with Crippen molar-refractivity contribution in [3.05, 3.63) is 94.9 Å². The quantitative estimate of drug-likeness (QED) is 0.263. The predicted molar refractivity (Wildman–Crippen MR) is 141 cm³/mol. The maximum absolute atomic E-state index is 12.9. The number of aliphatic hydroxyl groups excluding tert-OH is 1. The van der Waals surface area contributed by atoms with E-state index >= 15 is 0 Å². The summed E-state index contributed by atoms with van der Waals surface area (Å²) in [5.41, 5.74) is 5.06. The molecule has 0 amide bonds. The number of hydrogen-bond donors (Lipinski definition) is 1. The molecule has 4 rings (SSSR count).